The summed E-state index contributed by atoms with van der Waals surface area (Å²) in [6, 6.07) is 5.29. The van der Waals surface area contributed by atoms with Crippen LogP contribution in [0.15, 0.2) is 18.2 Å². The van der Waals surface area contributed by atoms with Crippen molar-refractivity contribution in [3.63, 3.8) is 0 Å². The Kier molecular flexibility index (Phi) is 1.48. The summed E-state index contributed by atoms with van der Waals surface area (Å²) in [7, 11) is 0. The Morgan fingerprint density at radius 2 is 1.92 bits per heavy atom. The van der Waals surface area contributed by atoms with Crippen LogP contribution in [0.1, 0.15) is 5.56 Å². The summed E-state index contributed by atoms with van der Waals surface area (Å²) in [5, 5.41) is 19.8. The van der Waals surface area contributed by atoms with Gasteiger partial charge in [0.1, 0.15) is 5.75 Å². The lowest BCUT2D eigenvalue weighted by molar-refractivity contribution is 0.482. The molecule has 0 aliphatic carbocycles. The van der Waals surface area contributed by atoms with Crippen LogP contribution in [0.25, 0.3) is 10.1 Å². The minimum Gasteiger partial charge on any atom is -0.506 e. The molecule has 1 aromatic carbocycles. The van der Waals surface area contributed by atoms with Crippen LogP contribution < -0.4 is 0 Å². The fourth-order valence-electron chi connectivity index (χ4n) is 1.27. The summed E-state index contributed by atoms with van der Waals surface area (Å²) in [5.41, 5.74) is 0.998. The van der Waals surface area contributed by atoms with Gasteiger partial charge in [0.2, 0.25) is 0 Å². The van der Waals surface area contributed by atoms with E-state index in [1.165, 1.54) is 11.3 Å². The van der Waals surface area contributed by atoms with E-state index in [4.69, 9.17) is 0 Å². The van der Waals surface area contributed by atoms with Crippen LogP contribution in [0, 0.1) is 6.92 Å². The summed E-state index contributed by atoms with van der Waals surface area (Å²) < 4.78 is 0.748. The Hall–Kier alpha value is -1.22. The lowest BCUT2D eigenvalue weighted by Gasteiger charge is -1.95. The first kappa shape index (κ1) is 7.43. The van der Waals surface area contributed by atoms with Gasteiger partial charge in [0.15, 0.2) is 5.06 Å². The normalized spacial score (nSPS) is 10.8. The molecule has 2 aromatic rings. The van der Waals surface area contributed by atoms with E-state index >= 15 is 0 Å². The third-order valence-corrected chi connectivity index (χ3v) is 2.70. The van der Waals surface area contributed by atoms with Gasteiger partial charge in [-0.15, -0.1) is 0 Å². The number of thiophene rings is 1. The van der Waals surface area contributed by atoms with Gasteiger partial charge in [-0.05, 0) is 24.6 Å². The highest BCUT2D eigenvalue weighted by atomic mass is 32.1. The van der Waals surface area contributed by atoms with Crippen molar-refractivity contribution in [2.45, 2.75) is 6.92 Å². The number of phenols is 1. The van der Waals surface area contributed by atoms with E-state index in [-0.39, 0.29) is 10.8 Å². The van der Waals surface area contributed by atoms with Crippen molar-refractivity contribution in [1.82, 2.24) is 0 Å². The second kappa shape index (κ2) is 2.38. The molecule has 2 nitrogen and oxygen atoms in total. The summed E-state index contributed by atoms with van der Waals surface area (Å²) in [4.78, 5) is 0. The first-order valence-electron chi connectivity index (χ1n) is 3.59. The number of benzene rings is 1. The predicted octanol–water partition coefficient (Wildman–Crippen LogP) is 2.62. The van der Waals surface area contributed by atoms with E-state index in [9.17, 15) is 10.2 Å². The van der Waals surface area contributed by atoms with E-state index in [1.54, 1.807) is 12.1 Å². The first-order chi connectivity index (χ1) is 5.66. The molecule has 1 aromatic heterocycles. The van der Waals surface area contributed by atoms with Crippen LogP contribution in [-0.2, 0) is 0 Å². The van der Waals surface area contributed by atoms with Crippen LogP contribution in [0.2, 0.25) is 0 Å². The highest BCUT2D eigenvalue weighted by molar-refractivity contribution is 7.21. The number of fused-ring (bicyclic) bond motifs is 1. The van der Waals surface area contributed by atoms with Gasteiger partial charge < -0.3 is 10.2 Å². The molecule has 2 N–H and O–H groups in total. The van der Waals surface area contributed by atoms with Crippen molar-refractivity contribution < 1.29 is 10.2 Å². The van der Waals surface area contributed by atoms with Crippen molar-refractivity contribution >= 4 is 21.4 Å². The monoisotopic (exact) mass is 180 g/mol. The Labute approximate surface area is 73.7 Å². The van der Waals surface area contributed by atoms with E-state index < -0.39 is 0 Å². The van der Waals surface area contributed by atoms with Gasteiger partial charge in [0, 0.05) is 5.39 Å². The van der Waals surface area contributed by atoms with Crippen LogP contribution in [-0.4, -0.2) is 10.2 Å². The largest absolute Gasteiger partial charge is 0.506 e. The van der Waals surface area contributed by atoms with E-state index in [2.05, 4.69) is 0 Å². The van der Waals surface area contributed by atoms with Gasteiger partial charge in [0.05, 0.1) is 4.70 Å². The van der Waals surface area contributed by atoms with Crippen molar-refractivity contribution in [3.8, 4) is 10.8 Å². The van der Waals surface area contributed by atoms with Crippen molar-refractivity contribution in [2.24, 2.45) is 0 Å². The maximum Gasteiger partial charge on any atom is 0.172 e. The quantitative estimate of drug-likeness (QED) is 0.654. The van der Waals surface area contributed by atoms with Crippen molar-refractivity contribution in [2.75, 3.05) is 0 Å². The minimum absolute atomic E-state index is 0.242. The van der Waals surface area contributed by atoms with Crippen LogP contribution >= 0.6 is 11.3 Å². The number of hydrogen-bond acceptors (Lipinski definition) is 3. The van der Waals surface area contributed by atoms with Gasteiger partial charge in [-0.3, -0.25) is 0 Å². The maximum atomic E-state index is 9.46. The average Bonchev–Trinajstić information content (AvgIpc) is 2.29. The summed E-state index contributed by atoms with van der Waals surface area (Å²) >= 11 is 1.19. The second-order valence-electron chi connectivity index (χ2n) is 2.79. The van der Waals surface area contributed by atoms with Crippen LogP contribution in [0.4, 0.5) is 0 Å². The molecular formula is C9H8O2S. The molecule has 0 saturated carbocycles. The van der Waals surface area contributed by atoms with Gasteiger partial charge in [0.25, 0.3) is 0 Å². The molecule has 0 bridgehead atoms. The highest BCUT2D eigenvalue weighted by Gasteiger charge is 2.05. The van der Waals surface area contributed by atoms with Gasteiger partial charge in [-0.25, -0.2) is 0 Å². The molecule has 0 atom stereocenters. The molecule has 3 heteroatoms. The predicted molar refractivity (Wildman–Crippen MR) is 49.9 cm³/mol. The standard InChI is InChI=1S/C9H8O2S/c1-5-2-6-4-8(11)12-9(6)7(10)3-5/h2-4,10-11H,1H3. The molecule has 0 aliphatic rings. The van der Waals surface area contributed by atoms with Crippen molar-refractivity contribution in [3.05, 3.63) is 23.8 Å². The second-order valence-corrected chi connectivity index (χ2v) is 3.82. The Morgan fingerprint density at radius 1 is 1.17 bits per heavy atom. The smallest absolute Gasteiger partial charge is 0.172 e. The maximum absolute atomic E-state index is 9.46. The first-order valence-corrected chi connectivity index (χ1v) is 4.40. The molecule has 0 fully saturated rings. The van der Waals surface area contributed by atoms with Crippen LogP contribution in [0.5, 0.6) is 10.8 Å². The number of aryl methyl sites for hydroxylation is 1. The number of phenolic OH excluding ortho intramolecular Hbond substituents is 1. The molecular weight excluding hydrogens is 172 g/mol. The zero-order valence-corrected chi connectivity index (χ0v) is 7.35. The zero-order chi connectivity index (χ0) is 8.72. The molecule has 12 heavy (non-hydrogen) atoms. The molecule has 1 heterocycles. The SMILES string of the molecule is Cc1cc(O)c2sc(O)cc2c1. The number of aromatic hydroxyl groups is 2. The Balaban J connectivity index is 2.88. The van der Waals surface area contributed by atoms with E-state index in [1.807, 2.05) is 13.0 Å². The van der Waals surface area contributed by atoms with E-state index in [0.717, 1.165) is 15.6 Å². The lowest BCUT2D eigenvalue weighted by Crippen LogP contribution is -1.70. The fourth-order valence-corrected chi connectivity index (χ4v) is 2.06. The van der Waals surface area contributed by atoms with E-state index in [0.29, 0.717) is 0 Å². The average molecular weight is 180 g/mol. The van der Waals surface area contributed by atoms with Crippen LogP contribution in [0.3, 0.4) is 0 Å². The number of hydrogen-bond donors (Lipinski definition) is 2. The van der Waals surface area contributed by atoms with Gasteiger partial charge in [-0.1, -0.05) is 17.4 Å². The third-order valence-electron chi connectivity index (χ3n) is 1.73. The Morgan fingerprint density at radius 3 is 2.67 bits per heavy atom. The van der Waals surface area contributed by atoms with Gasteiger partial charge >= 0.3 is 0 Å². The highest BCUT2D eigenvalue weighted by Crippen LogP contribution is 2.37. The molecule has 0 saturated heterocycles. The fraction of sp³-hybridized carbons (Fsp3) is 0.111. The summed E-state index contributed by atoms with van der Waals surface area (Å²) in [6.07, 6.45) is 0. The zero-order valence-electron chi connectivity index (χ0n) is 6.53. The molecule has 0 spiro atoms. The summed E-state index contributed by atoms with van der Waals surface area (Å²) in [5.74, 6) is 0.246. The minimum atomic E-state index is 0.242. The molecule has 62 valence electrons. The lowest BCUT2D eigenvalue weighted by atomic mass is 10.2. The topological polar surface area (TPSA) is 40.5 Å². The number of rotatable bonds is 0. The van der Waals surface area contributed by atoms with Crippen molar-refractivity contribution in [1.29, 1.82) is 0 Å². The third kappa shape index (κ3) is 1.02. The molecule has 2 rings (SSSR count). The Bertz CT molecular complexity index is 431. The molecule has 0 amide bonds. The summed E-state index contributed by atoms with van der Waals surface area (Å²) in [6.45, 7) is 1.91. The molecule has 0 aliphatic heterocycles. The molecule has 0 unspecified atom stereocenters. The van der Waals surface area contributed by atoms with Gasteiger partial charge in [-0.2, -0.15) is 0 Å². The molecule has 0 radical (unpaired) electrons.